The van der Waals surface area contributed by atoms with Crippen molar-refractivity contribution >= 4 is 17.5 Å². The Labute approximate surface area is 173 Å². The second-order valence-electron chi connectivity index (χ2n) is 7.63. The molecule has 2 rings (SSSR count). The lowest BCUT2D eigenvalue weighted by molar-refractivity contribution is -0.885. The maximum Gasteiger partial charge on any atom is 0.279 e. The molecule has 0 saturated heterocycles. The first-order valence-electron chi connectivity index (χ1n) is 9.82. The van der Waals surface area contributed by atoms with Crippen molar-refractivity contribution < 1.29 is 19.2 Å². The number of nitrogens with one attached hydrogen (secondary N) is 3. The van der Waals surface area contributed by atoms with Crippen molar-refractivity contribution in [2.24, 2.45) is 0 Å². The smallest absolute Gasteiger partial charge is 0.279 e. The molecule has 2 aromatic rings. The summed E-state index contributed by atoms with van der Waals surface area (Å²) in [4.78, 5) is 25.8. The number of quaternary nitrogens is 1. The van der Waals surface area contributed by atoms with Crippen molar-refractivity contribution in [3.63, 3.8) is 0 Å². The van der Waals surface area contributed by atoms with Gasteiger partial charge in [-0.2, -0.15) is 0 Å². The van der Waals surface area contributed by atoms with Gasteiger partial charge < -0.3 is 20.3 Å². The fourth-order valence-corrected chi connectivity index (χ4v) is 3.28. The van der Waals surface area contributed by atoms with Crippen LogP contribution in [0.5, 0.6) is 5.75 Å². The summed E-state index contributed by atoms with van der Waals surface area (Å²) in [5.74, 6) is 0.587. The van der Waals surface area contributed by atoms with E-state index in [9.17, 15) is 9.59 Å². The van der Waals surface area contributed by atoms with Gasteiger partial charge in [-0.15, -0.1) is 0 Å². The van der Waals surface area contributed by atoms with Crippen LogP contribution in [-0.4, -0.2) is 38.6 Å². The van der Waals surface area contributed by atoms with Crippen LogP contribution in [0, 0.1) is 20.8 Å². The fourth-order valence-electron chi connectivity index (χ4n) is 3.28. The van der Waals surface area contributed by atoms with E-state index >= 15 is 0 Å². The molecule has 0 bridgehead atoms. The standard InChI is InChI=1S/C23H31N3O3/c1-15-11-16(2)22(17(3)12-15)25-21(27)14-26(5)18(4)23(28)24-13-19-7-9-20(29-6)10-8-19/h7-12,18H,13-14H2,1-6H3,(H,24,28)(H,25,27)/p+1/t18-/m1/s1. The van der Waals surface area contributed by atoms with E-state index in [0.717, 1.165) is 33.0 Å². The van der Waals surface area contributed by atoms with Gasteiger partial charge in [0.2, 0.25) is 0 Å². The van der Waals surface area contributed by atoms with Crippen molar-refractivity contribution in [2.45, 2.75) is 40.3 Å². The number of amides is 2. The molecule has 2 aromatic carbocycles. The third kappa shape index (κ3) is 6.32. The lowest BCUT2D eigenvalue weighted by Gasteiger charge is -2.21. The molecule has 2 atom stereocenters. The number of carbonyl (C=O) groups is 2. The topological polar surface area (TPSA) is 71.9 Å². The molecule has 2 amide bonds. The number of carbonyl (C=O) groups excluding carboxylic acids is 2. The van der Waals surface area contributed by atoms with Gasteiger partial charge in [-0.1, -0.05) is 29.8 Å². The minimum absolute atomic E-state index is 0.0891. The highest BCUT2D eigenvalue weighted by Crippen LogP contribution is 2.21. The van der Waals surface area contributed by atoms with Crippen LogP contribution in [0.25, 0.3) is 0 Å². The summed E-state index contributed by atoms with van der Waals surface area (Å²) in [7, 11) is 3.47. The summed E-state index contributed by atoms with van der Waals surface area (Å²) in [6, 6.07) is 11.3. The zero-order valence-corrected chi connectivity index (χ0v) is 18.2. The first-order chi connectivity index (χ1) is 13.7. The normalized spacial score (nSPS) is 12.8. The van der Waals surface area contributed by atoms with Crippen LogP contribution < -0.4 is 20.3 Å². The quantitative estimate of drug-likeness (QED) is 0.635. The number of rotatable bonds is 8. The van der Waals surface area contributed by atoms with Gasteiger partial charge in [0.15, 0.2) is 12.6 Å². The van der Waals surface area contributed by atoms with Crippen molar-refractivity contribution in [2.75, 3.05) is 26.0 Å². The number of aryl methyl sites for hydroxylation is 3. The van der Waals surface area contributed by atoms with E-state index in [-0.39, 0.29) is 24.4 Å². The van der Waals surface area contributed by atoms with Crippen LogP contribution in [-0.2, 0) is 16.1 Å². The van der Waals surface area contributed by atoms with Crippen LogP contribution >= 0.6 is 0 Å². The molecule has 0 aliphatic carbocycles. The van der Waals surface area contributed by atoms with E-state index in [1.54, 1.807) is 7.11 Å². The van der Waals surface area contributed by atoms with E-state index in [4.69, 9.17) is 4.74 Å². The number of methoxy groups -OCH3 is 1. The predicted octanol–water partition coefficient (Wildman–Crippen LogP) is 1.78. The summed E-state index contributed by atoms with van der Waals surface area (Å²) in [5.41, 5.74) is 5.09. The highest BCUT2D eigenvalue weighted by molar-refractivity contribution is 5.93. The van der Waals surface area contributed by atoms with Crippen LogP contribution in [0.4, 0.5) is 5.69 Å². The van der Waals surface area contributed by atoms with Crippen LogP contribution in [0.15, 0.2) is 36.4 Å². The van der Waals surface area contributed by atoms with Gasteiger partial charge in [0.1, 0.15) is 5.75 Å². The Kier molecular flexibility index (Phi) is 7.79. The van der Waals surface area contributed by atoms with E-state index in [1.165, 1.54) is 5.56 Å². The molecule has 0 spiro atoms. The Bertz CT molecular complexity index is 839. The zero-order chi connectivity index (χ0) is 21.6. The van der Waals surface area contributed by atoms with Gasteiger partial charge in [0, 0.05) is 12.2 Å². The minimum Gasteiger partial charge on any atom is -0.497 e. The minimum atomic E-state index is -0.348. The second kappa shape index (κ2) is 10.1. The molecule has 0 heterocycles. The Morgan fingerprint density at radius 1 is 1.07 bits per heavy atom. The summed E-state index contributed by atoms with van der Waals surface area (Å²) < 4.78 is 5.14. The molecule has 29 heavy (non-hydrogen) atoms. The third-order valence-corrected chi connectivity index (χ3v) is 5.14. The van der Waals surface area contributed by atoms with Crippen molar-refractivity contribution in [1.29, 1.82) is 0 Å². The van der Waals surface area contributed by atoms with Gasteiger partial charge in [-0.25, -0.2) is 0 Å². The molecular weight excluding hydrogens is 366 g/mol. The number of ether oxygens (including phenoxy) is 1. The SMILES string of the molecule is COc1ccc(CNC(=O)[C@@H](C)[NH+](C)CC(=O)Nc2c(C)cc(C)cc2C)cc1. The monoisotopic (exact) mass is 398 g/mol. The summed E-state index contributed by atoms with van der Waals surface area (Å²) in [6.45, 7) is 8.49. The molecule has 6 nitrogen and oxygen atoms in total. The highest BCUT2D eigenvalue weighted by Gasteiger charge is 2.24. The number of hydrogen-bond donors (Lipinski definition) is 3. The Balaban J connectivity index is 1.87. The fraction of sp³-hybridized carbons (Fsp3) is 0.391. The third-order valence-electron chi connectivity index (χ3n) is 5.14. The Morgan fingerprint density at radius 2 is 1.66 bits per heavy atom. The van der Waals surface area contributed by atoms with E-state index < -0.39 is 0 Å². The Morgan fingerprint density at radius 3 is 2.21 bits per heavy atom. The molecule has 0 saturated carbocycles. The number of hydrogen-bond acceptors (Lipinski definition) is 3. The average Bonchev–Trinajstić information content (AvgIpc) is 2.68. The first kappa shape index (κ1) is 22.4. The Hall–Kier alpha value is -2.86. The predicted molar refractivity (Wildman–Crippen MR) is 115 cm³/mol. The summed E-state index contributed by atoms with van der Waals surface area (Å²) in [6.07, 6.45) is 0. The van der Waals surface area contributed by atoms with Crippen molar-refractivity contribution in [1.82, 2.24) is 5.32 Å². The first-order valence-corrected chi connectivity index (χ1v) is 9.82. The van der Waals surface area contributed by atoms with Crippen LogP contribution in [0.3, 0.4) is 0 Å². The molecule has 0 fully saturated rings. The lowest BCUT2D eigenvalue weighted by atomic mass is 10.1. The molecule has 0 aromatic heterocycles. The second-order valence-corrected chi connectivity index (χ2v) is 7.63. The van der Waals surface area contributed by atoms with Gasteiger partial charge in [-0.05, 0) is 56.5 Å². The molecule has 156 valence electrons. The molecule has 0 aliphatic heterocycles. The van der Waals surface area contributed by atoms with Gasteiger partial charge in [-0.3, -0.25) is 9.59 Å². The van der Waals surface area contributed by atoms with Gasteiger partial charge >= 0.3 is 0 Å². The van der Waals surface area contributed by atoms with Crippen LogP contribution in [0.1, 0.15) is 29.2 Å². The number of likely N-dealkylation sites (N-methyl/N-ethyl adjacent to an activating group) is 1. The molecular formula is C23H32N3O3+. The maximum atomic E-state index is 12.5. The summed E-state index contributed by atoms with van der Waals surface area (Å²) in [5, 5.41) is 5.93. The summed E-state index contributed by atoms with van der Waals surface area (Å²) >= 11 is 0. The number of anilines is 1. The van der Waals surface area contributed by atoms with Gasteiger partial charge in [0.25, 0.3) is 11.8 Å². The van der Waals surface area contributed by atoms with Crippen molar-refractivity contribution in [3.05, 3.63) is 58.7 Å². The zero-order valence-electron chi connectivity index (χ0n) is 18.2. The maximum absolute atomic E-state index is 12.5. The average molecular weight is 399 g/mol. The van der Waals surface area contributed by atoms with Gasteiger partial charge in [0.05, 0.1) is 14.2 Å². The highest BCUT2D eigenvalue weighted by atomic mass is 16.5. The molecule has 0 aliphatic rings. The molecule has 6 heteroatoms. The largest absolute Gasteiger partial charge is 0.497 e. The lowest BCUT2D eigenvalue weighted by Crippen LogP contribution is -3.15. The van der Waals surface area contributed by atoms with E-state index in [2.05, 4.69) is 22.8 Å². The van der Waals surface area contributed by atoms with Crippen molar-refractivity contribution in [3.8, 4) is 5.75 Å². The molecule has 3 N–H and O–H groups in total. The number of benzene rings is 2. The molecule has 0 radical (unpaired) electrons. The van der Waals surface area contributed by atoms with E-state index in [0.29, 0.717) is 6.54 Å². The molecule has 1 unspecified atom stereocenters. The van der Waals surface area contributed by atoms with Crippen LogP contribution in [0.2, 0.25) is 0 Å². The van der Waals surface area contributed by atoms with E-state index in [1.807, 2.05) is 59.0 Å².